The van der Waals surface area contributed by atoms with Gasteiger partial charge in [0.2, 0.25) is 0 Å². The largest absolute Gasteiger partial charge is 0.550 e. The zero-order chi connectivity index (χ0) is 14.6. The zero-order valence-corrected chi connectivity index (χ0v) is 12.1. The number of aliphatic carboxylic acids is 2. The predicted octanol–water partition coefficient (Wildman–Crippen LogP) is 0.874. The molecule has 0 aromatic heterocycles. The molecule has 0 rings (SSSR count). The van der Waals surface area contributed by atoms with Gasteiger partial charge in [0.1, 0.15) is 0 Å². The number of carbonyl (C=O) groups is 2. The van der Waals surface area contributed by atoms with Crippen molar-refractivity contribution in [2.24, 2.45) is 0 Å². The number of nitrogens with zero attached hydrogens (tertiary/aromatic N) is 1. The molecule has 0 aliphatic heterocycles. The first-order valence-electron chi connectivity index (χ1n) is 6.64. The van der Waals surface area contributed by atoms with Crippen LogP contribution < -0.4 is 5.11 Å². The van der Waals surface area contributed by atoms with E-state index < -0.39 is 11.9 Å². The van der Waals surface area contributed by atoms with E-state index in [2.05, 4.69) is 27.7 Å². The molecule has 5 nitrogen and oxygen atoms in total. The van der Waals surface area contributed by atoms with Gasteiger partial charge in [0.15, 0.2) is 0 Å². The highest BCUT2D eigenvalue weighted by Crippen LogP contribution is 2.03. The lowest BCUT2D eigenvalue weighted by Crippen LogP contribution is -2.47. The number of carboxylic acid groups (broad SMARTS) is 2. The van der Waals surface area contributed by atoms with E-state index in [0.717, 1.165) is 0 Å². The molecular formula is C13H27NO4. The molecule has 18 heavy (non-hydrogen) atoms. The number of rotatable bonds is 8. The summed E-state index contributed by atoms with van der Waals surface area (Å²) in [6.07, 6.45) is -0.127. The third-order valence-electron chi connectivity index (χ3n) is 3.45. The van der Waals surface area contributed by atoms with Gasteiger partial charge in [-0.25, -0.2) is 0 Å². The Kier molecular flexibility index (Phi) is 11.8. The normalized spacial score (nSPS) is 10.4. The van der Waals surface area contributed by atoms with Gasteiger partial charge in [-0.2, -0.15) is 0 Å². The molecule has 0 unspecified atom stereocenters. The van der Waals surface area contributed by atoms with Crippen LogP contribution in [0.15, 0.2) is 0 Å². The van der Waals surface area contributed by atoms with Gasteiger partial charge in [-0.05, 0) is 40.5 Å². The molecule has 5 heteroatoms. The van der Waals surface area contributed by atoms with Gasteiger partial charge in [-0.15, -0.1) is 0 Å². The zero-order valence-electron chi connectivity index (χ0n) is 12.1. The highest BCUT2D eigenvalue weighted by atomic mass is 16.4. The summed E-state index contributed by atoms with van der Waals surface area (Å²) in [5.41, 5.74) is 0. The fourth-order valence-electron chi connectivity index (χ4n) is 1.73. The van der Waals surface area contributed by atoms with Crippen LogP contribution >= 0.6 is 0 Å². The van der Waals surface area contributed by atoms with E-state index in [-0.39, 0.29) is 19.3 Å². The summed E-state index contributed by atoms with van der Waals surface area (Å²) in [7, 11) is 0. The van der Waals surface area contributed by atoms with Crippen LogP contribution in [0.25, 0.3) is 0 Å². The second kappa shape index (κ2) is 11.0. The number of quaternary nitrogens is 1. The summed E-state index contributed by atoms with van der Waals surface area (Å²) < 4.78 is 1.28. The maximum Gasteiger partial charge on any atom is 0.303 e. The highest BCUT2D eigenvalue weighted by Gasteiger charge is 2.16. The minimum absolute atomic E-state index is 0.103. The summed E-state index contributed by atoms with van der Waals surface area (Å²) in [5, 5.41) is 17.7. The van der Waals surface area contributed by atoms with E-state index in [4.69, 9.17) is 5.11 Å². The van der Waals surface area contributed by atoms with E-state index in [1.54, 1.807) is 0 Å². The molecule has 0 radical (unpaired) electrons. The van der Waals surface area contributed by atoms with Gasteiger partial charge < -0.3 is 19.5 Å². The lowest BCUT2D eigenvalue weighted by molar-refractivity contribution is -0.921. The number of hydrogen-bond acceptors (Lipinski definition) is 3. The van der Waals surface area contributed by atoms with Gasteiger partial charge >= 0.3 is 5.97 Å². The third-order valence-corrected chi connectivity index (χ3v) is 3.45. The third kappa shape index (κ3) is 10.1. The second-order valence-electron chi connectivity index (χ2n) is 4.23. The number of carboxylic acids is 2. The first kappa shape index (κ1) is 19.2. The Morgan fingerprint density at radius 2 is 1.33 bits per heavy atom. The van der Waals surface area contributed by atoms with Crippen LogP contribution in [0.4, 0.5) is 0 Å². The lowest BCUT2D eigenvalue weighted by Gasteiger charge is -2.34. The SMILES string of the molecule is CC[N+](CC)(CC)CC.O=C([O-])CCCC(=O)O. The Morgan fingerprint density at radius 1 is 0.944 bits per heavy atom. The standard InChI is InChI=1S/C8H20N.C5H8O4/c1-5-9(6-2,7-3)8-4;6-4(7)2-1-3-5(8)9/h5-8H2,1-4H3;1-3H2,(H,6,7)(H,8,9)/q+1;/p-1. The van der Waals surface area contributed by atoms with Crippen LogP contribution in [0.2, 0.25) is 0 Å². The van der Waals surface area contributed by atoms with Crippen LogP contribution in [0, 0.1) is 0 Å². The Labute approximate surface area is 110 Å². The number of carbonyl (C=O) groups excluding carboxylic acids is 1. The molecule has 0 aliphatic carbocycles. The number of hydrogen-bond donors (Lipinski definition) is 1. The average molecular weight is 261 g/mol. The first-order valence-corrected chi connectivity index (χ1v) is 6.64. The molecule has 1 N–H and O–H groups in total. The van der Waals surface area contributed by atoms with Crippen LogP contribution in [-0.4, -0.2) is 47.7 Å². The van der Waals surface area contributed by atoms with Crippen LogP contribution in [0.3, 0.4) is 0 Å². The summed E-state index contributed by atoms with van der Waals surface area (Å²) in [4.78, 5) is 19.4. The van der Waals surface area contributed by atoms with Crippen molar-refractivity contribution in [1.29, 1.82) is 0 Å². The summed E-state index contributed by atoms with van der Waals surface area (Å²) in [6.45, 7) is 14.2. The summed E-state index contributed by atoms with van der Waals surface area (Å²) in [6, 6.07) is 0. The molecule has 0 atom stereocenters. The van der Waals surface area contributed by atoms with Crippen molar-refractivity contribution in [2.75, 3.05) is 26.2 Å². The van der Waals surface area contributed by atoms with Crippen molar-refractivity contribution in [2.45, 2.75) is 47.0 Å². The molecule has 0 spiro atoms. The smallest absolute Gasteiger partial charge is 0.303 e. The van der Waals surface area contributed by atoms with Crippen LogP contribution in [-0.2, 0) is 9.59 Å². The fourth-order valence-corrected chi connectivity index (χ4v) is 1.73. The van der Waals surface area contributed by atoms with Crippen molar-refractivity contribution >= 4 is 11.9 Å². The van der Waals surface area contributed by atoms with Crippen LogP contribution in [0.5, 0.6) is 0 Å². The van der Waals surface area contributed by atoms with Crippen molar-refractivity contribution in [3.05, 3.63) is 0 Å². The molecule has 0 bridgehead atoms. The van der Waals surface area contributed by atoms with E-state index in [1.165, 1.54) is 30.7 Å². The van der Waals surface area contributed by atoms with E-state index in [0.29, 0.717) is 0 Å². The van der Waals surface area contributed by atoms with Crippen molar-refractivity contribution in [1.82, 2.24) is 0 Å². The van der Waals surface area contributed by atoms with Crippen molar-refractivity contribution in [3.63, 3.8) is 0 Å². The molecule has 0 aliphatic rings. The van der Waals surface area contributed by atoms with Gasteiger partial charge in [0.05, 0.1) is 26.2 Å². The minimum Gasteiger partial charge on any atom is -0.550 e. The molecule has 0 aromatic carbocycles. The molecule has 0 saturated heterocycles. The maximum atomic E-state index is 9.77. The molecule has 0 aromatic rings. The van der Waals surface area contributed by atoms with Gasteiger partial charge in [0.25, 0.3) is 0 Å². The average Bonchev–Trinajstić information content (AvgIpc) is 2.32. The van der Waals surface area contributed by atoms with E-state index in [1.807, 2.05) is 0 Å². The fraction of sp³-hybridized carbons (Fsp3) is 0.846. The Balaban J connectivity index is 0. The monoisotopic (exact) mass is 261 g/mol. The molecule has 0 fully saturated rings. The van der Waals surface area contributed by atoms with Gasteiger partial charge in [-0.1, -0.05) is 0 Å². The van der Waals surface area contributed by atoms with Gasteiger partial charge in [0, 0.05) is 12.4 Å². The molecule has 108 valence electrons. The molecule has 0 saturated carbocycles. The van der Waals surface area contributed by atoms with Crippen LogP contribution in [0.1, 0.15) is 47.0 Å². The molecule has 0 amide bonds. The van der Waals surface area contributed by atoms with E-state index >= 15 is 0 Å². The van der Waals surface area contributed by atoms with Crippen molar-refractivity contribution < 1.29 is 24.3 Å². The minimum atomic E-state index is -1.20. The second-order valence-corrected chi connectivity index (χ2v) is 4.23. The summed E-state index contributed by atoms with van der Waals surface area (Å²) in [5.74, 6) is -2.17. The first-order chi connectivity index (χ1) is 8.37. The predicted molar refractivity (Wildman–Crippen MR) is 68.9 cm³/mol. The molecule has 0 heterocycles. The van der Waals surface area contributed by atoms with Crippen molar-refractivity contribution in [3.8, 4) is 0 Å². The quantitative estimate of drug-likeness (QED) is 0.658. The topological polar surface area (TPSA) is 77.4 Å². The Hall–Kier alpha value is -1.10. The summed E-state index contributed by atoms with van der Waals surface area (Å²) >= 11 is 0. The lowest BCUT2D eigenvalue weighted by atomic mass is 10.2. The highest BCUT2D eigenvalue weighted by molar-refractivity contribution is 5.68. The van der Waals surface area contributed by atoms with E-state index in [9.17, 15) is 14.7 Å². The maximum absolute atomic E-state index is 9.77. The molecular weight excluding hydrogens is 234 g/mol. The van der Waals surface area contributed by atoms with Gasteiger partial charge in [-0.3, -0.25) is 4.79 Å². The Bertz CT molecular complexity index is 206. The Morgan fingerprint density at radius 3 is 1.50 bits per heavy atom.